The average Bonchev–Trinajstić information content (AvgIpc) is 2.09. The summed E-state index contributed by atoms with van der Waals surface area (Å²) < 4.78 is 0. The van der Waals surface area contributed by atoms with Gasteiger partial charge in [-0.05, 0) is 20.3 Å². The average molecular weight is 222 g/mol. The maximum atomic E-state index is 8.56. The van der Waals surface area contributed by atoms with Crippen LogP contribution in [0.4, 0.5) is 4.79 Å². The number of rotatable bonds is 7. The maximum absolute atomic E-state index is 8.56. The lowest BCUT2D eigenvalue weighted by molar-refractivity contribution is -0.317. The Kier molecular flexibility index (Phi) is 14.6. The highest BCUT2D eigenvalue weighted by atomic mass is 17.2. The quantitative estimate of drug-likeness (QED) is 0.393. The highest BCUT2D eigenvalue weighted by Gasteiger charge is 1.93. The van der Waals surface area contributed by atoms with E-state index in [0.717, 1.165) is 13.0 Å². The zero-order valence-corrected chi connectivity index (χ0v) is 9.73. The molecule has 0 aliphatic rings. The van der Waals surface area contributed by atoms with Gasteiger partial charge < -0.3 is 10.2 Å². The van der Waals surface area contributed by atoms with Crippen LogP contribution in [0.5, 0.6) is 0 Å². The van der Waals surface area contributed by atoms with Gasteiger partial charge in [0.2, 0.25) is 0 Å². The molecule has 15 heavy (non-hydrogen) atoms. The molecule has 0 heterocycles. The van der Waals surface area contributed by atoms with Crippen molar-refractivity contribution in [3.63, 3.8) is 0 Å². The van der Waals surface area contributed by atoms with Gasteiger partial charge in [0.25, 0.3) is 0 Å². The third-order valence-corrected chi connectivity index (χ3v) is 1.34. The summed E-state index contributed by atoms with van der Waals surface area (Å²) in [6.45, 7) is 6.86. The minimum Gasteiger partial charge on any atom is -0.450 e. The minimum absolute atomic E-state index is 0.182. The second-order valence-electron chi connectivity index (χ2n) is 3.31. The topological polar surface area (TPSA) is 76.0 Å². The number of hydrogen-bond donors (Lipinski definition) is 2. The summed E-state index contributed by atoms with van der Waals surface area (Å²) >= 11 is 0. The van der Waals surface area contributed by atoms with Crippen LogP contribution in [0.15, 0.2) is 0 Å². The lowest BCUT2D eigenvalue weighted by Crippen LogP contribution is -2.04. The standard InChI is InChI=1S/C9H20O2.CH2O3/c1-4-5-6-7-8-10-11-9(2)3;2-1(3)4/h9H,4-8H2,1-3H3;(H2,2,3,4). The van der Waals surface area contributed by atoms with Crippen molar-refractivity contribution in [2.45, 2.75) is 52.6 Å². The van der Waals surface area contributed by atoms with Crippen LogP contribution in [-0.4, -0.2) is 29.1 Å². The Labute approximate surface area is 90.9 Å². The Bertz CT molecular complexity index is 132. The van der Waals surface area contributed by atoms with E-state index >= 15 is 0 Å². The molecule has 0 aromatic carbocycles. The molecule has 0 saturated heterocycles. The highest BCUT2D eigenvalue weighted by Crippen LogP contribution is 1.99. The molecular weight excluding hydrogens is 200 g/mol. The molecule has 0 aromatic rings. The van der Waals surface area contributed by atoms with E-state index in [0.29, 0.717) is 0 Å². The predicted molar refractivity (Wildman–Crippen MR) is 57.0 cm³/mol. The van der Waals surface area contributed by atoms with Crippen molar-refractivity contribution in [3.8, 4) is 0 Å². The van der Waals surface area contributed by atoms with E-state index in [-0.39, 0.29) is 6.10 Å². The van der Waals surface area contributed by atoms with Crippen molar-refractivity contribution >= 4 is 6.16 Å². The molecule has 0 unspecified atom stereocenters. The fourth-order valence-corrected chi connectivity index (χ4v) is 0.772. The summed E-state index contributed by atoms with van der Waals surface area (Å²) in [5.41, 5.74) is 0. The van der Waals surface area contributed by atoms with Crippen molar-refractivity contribution in [1.82, 2.24) is 0 Å². The molecule has 0 spiro atoms. The number of carboxylic acid groups (broad SMARTS) is 2. The van der Waals surface area contributed by atoms with Crippen molar-refractivity contribution in [2.24, 2.45) is 0 Å². The SMILES string of the molecule is CCCCCCOOC(C)C.O=C(O)O. The lowest BCUT2D eigenvalue weighted by Gasteiger charge is -2.05. The monoisotopic (exact) mass is 222 g/mol. The van der Waals surface area contributed by atoms with Crippen LogP contribution < -0.4 is 0 Å². The Hall–Kier alpha value is -0.810. The summed E-state index contributed by atoms with van der Waals surface area (Å²) in [4.78, 5) is 18.4. The summed E-state index contributed by atoms with van der Waals surface area (Å²) in [5, 5.41) is 13.9. The van der Waals surface area contributed by atoms with Crippen LogP contribution in [0, 0.1) is 0 Å². The third kappa shape index (κ3) is 31.9. The Morgan fingerprint density at radius 3 is 2.13 bits per heavy atom. The van der Waals surface area contributed by atoms with Crippen molar-refractivity contribution in [2.75, 3.05) is 6.61 Å². The zero-order valence-electron chi connectivity index (χ0n) is 9.73. The number of carbonyl (C=O) groups is 1. The molecule has 92 valence electrons. The summed E-state index contributed by atoms with van der Waals surface area (Å²) in [5.74, 6) is 0. The van der Waals surface area contributed by atoms with E-state index in [9.17, 15) is 0 Å². The van der Waals surface area contributed by atoms with Crippen LogP contribution in [0.25, 0.3) is 0 Å². The smallest absolute Gasteiger partial charge is 0.450 e. The first-order chi connectivity index (χ1) is 7.00. The lowest BCUT2D eigenvalue weighted by atomic mass is 10.2. The van der Waals surface area contributed by atoms with Gasteiger partial charge in [-0.2, -0.15) is 0 Å². The molecule has 5 heteroatoms. The highest BCUT2D eigenvalue weighted by molar-refractivity contribution is 5.53. The Morgan fingerprint density at radius 2 is 1.73 bits per heavy atom. The van der Waals surface area contributed by atoms with E-state index in [2.05, 4.69) is 6.92 Å². The summed E-state index contributed by atoms with van der Waals surface area (Å²) in [6.07, 6.45) is 3.27. The van der Waals surface area contributed by atoms with Gasteiger partial charge in [0.1, 0.15) is 0 Å². The van der Waals surface area contributed by atoms with E-state index in [4.69, 9.17) is 24.8 Å². The molecule has 0 aliphatic carbocycles. The zero-order chi connectivity index (χ0) is 12.1. The van der Waals surface area contributed by atoms with Crippen LogP contribution in [0.2, 0.25) is 0 Å². The minimum atomic E-state index is -1.83. The van der Waals surface area contributed by atoms with Crippen LogP contribution in [0.1, 0.15) is 46.5 Å². The molecule has 0 aliphatic heterocycles. The van der Waals surface area contributed by atoms with Crippen LogP contribution in [0.3, 0.4) is 0 Å². The molecule has 0 bridgehead atoms. The van der Waals surface area contributed by atoms with Gasteiger partial charge in [0.05, 0.1) is 12.7 Å². The van der Waals surface area contributed by atoms with Crippen molar-refractivity contribution in [3.05, 3.63) is 0 Å². The van der Waals surface area contributed by atoms with Gasteiger partial charge in [-0.3, -0.25) is 0 Å². The molecule has 2 N–H and O–H groups in total. The van der Waals surface area contributed by atoms with Gasteiger partial charge in [-0.1, -0.05) is 26.2 Å². The second kappa shape index (κ2) is 13.2. The molecule has 0 fully saturated rings. The van der Waals surface area contributed by atoms with E-state index in [1.54, 1.807) is 0 Å². The summed E-state index contributed by atoms with van der Waals surface area (Å²) in [6, 6.07) is 0. The van der Waals surface area contributed by atoms with Crippen molar-refractivity contribution < 1.29 is 24.8 Å². The van der Waals surface area contributed by atoms with Gasteiger partial charge in [0.15, 0.2) is 0 Å². The molecule has 5 nitrogen and oxygen atoms in total. The normalized spacial score (nSPS) is 9.60. The molecule has 0 radical (unpaired) electrons. The van der Waals surface area contributed by atoms with E-state index in [1.807, 2.05) is 13.8 Å². The Morgan fingerprint density at radius 1 is 1.20 bits per heavy atom. The van der Waals surface area contributed by atoms with E-state index in [1.165, 1.54) is 19.3 Å². The van der Waals surface area contributed by atoms with Crippen LogP contribution >= 0.6 is 0 Å². The molecule has 0 atom stereocenters. The largest absolute Gasteiger partial charge is 0.503 e. The van der Waals surface area contributed by atoms with E-state index < -0.39 is 6.16 Å². The van der Waals surface area contributed by atoms with Gasteiger partial charge in [0, 0.05) is 0 Å². The summed E-state index contributed by atoms with van der Waals surface area (Å²) in [7, 11) is 0. The Balaban J connectivity index is 0. The van der Waals surface area contributed by atoms with Crippen molar-refractivity contribution in [1.29, 1.82) is 0 Å². The first kappa shape index (κ1) is 16.6. The van der Waals surface area contributed by atoms with Crippen LogP contribution in [-0.2, 0) is 9.78 Å². The molecule has 0 rings (SSSR count). The molecule has 0 amide bonds. The molecule has 0 saturated carbocycles. The second-order valence-corrected chi connectivity index (χ2v) is 3.31. The predicted octanol–water partition coefficient (Wildman–Crippen LogP) is 3.15. The fraction of sp³-hybridized carbons (Fsp3) is 0.900. The maximum Gasteiger partial charge on any atom is 0.503 e. The molecular formula is C10H22O5. The number of hydrogen-bond acceptors (Lipinski definition) is 3. The first-order valence-corrected chi connectivity index (χ1v) is 5.20. The first-order valence-electron chi connectivity index (χ1n) is 5.20. The number of unbranched alkanes of at least 4 members (excludes halogenated alkanes) is 3. The fourth-order valence-electron chi connectivity index (χ4n) is 0.772. The molecule has 0 aromatic heterocycles. The third-order valence-electron chi connectivity index (χ3n) is 1.34. The van der Waals surface area contributed by atoms with Gasteiger partial charge in [-0.15, -0.1) is 0 Å². The van der Waals surface area contributed by atoms with Gasteiger partial charge in [-0.25, -0.2) is 14.6 Å². The van der Waals surface area contributed by atoms with Gasteiger partial charge >= 0.3 is 6.16 Å².